The molecule has 2 N–H and O–H groups in total. The Labute approximate surface area is 146 Å². The zero-order chi connectivity index (χ0) is 17.9. The smallest absolute Gasteiger partial charge is 0.261 e. The molecule has 0 saturated heterocycles. The summed E-state index contributed by atoms with van der Waals surface area (Å²) in [6, 6.07) is 19.5. The molecule has 128 valence electrons. The second-order valence-electron chi connectivity index (χ2n) is 5.63. The van der Waals surface area contributed by atoms with Crippen LogP contribution in [0.4, 0.5) is 21.5 Å². The molecule has 0 atom stereocenters. The van der Waals surface area contributed by atoms with Crippen LogP contribution in [0.15, 0.2) is 77.7 Å². The summed E-state index contributed by atoms with van der Waals surface area (Å²) in [4.78, 5) is 0.00996. The van der Waals surface area contributed by atoms with E-state index >= 15 is 0 Å². The summed E-state index contributed by atoms with van der Waals surface area (Å²) in [6.07, 6.45) is 0. The maximum Gasteiger partial charge on any atom is 0.261 e. The van der Waals surface area contributed by atoms with Crippen molar-refractivity contribution in [2.45, 2.75) is 11.8 Å². The molecule has 0 aliphatic rings. The fourth-order valence-corrected chi connectivity index (χ4v) is 3.31. The lowest BCUT2D eigenvalue weighted by Crippen LogP contribution is -2.12. The highest BCUT2D eigenvalue weighted by Gasteiger charge is 2.14. The second-order valence-corrected chi connectivity index (χ2v) is 7.31. The summed E-state index contributed by atoms with van der Waals surface area (Å²) in [5, 5.41) is 3.24. The summed E-state index contributed by atoms with van der Waals surface area (Å²) in [6.45, 7) is 2.02. The van der Waals surface area contributed by atoms with Crippen molar-refractivity contribution in [1.82, 2.24) is 0 Å². The van der Waals surface area contributed by atoms with E-state index in [1.807, 2.05) is 31.2 Å². The molecular weight excluding hydrogens is 339 g/mol. The minimum Gasteiger partial charge on any atom is -0.356 e. The summed E-state index contributed by atoms with van der Waals surface area (Å²) in [5.74, 6) is -0.481. The normalized spacial score (nSPS) is 11.1. The van der Waals surface area contributed by atoms with E-state index < -0.39 is 15.8 Å². The molecule has 3 aromatic rings. The van der Waals surface area contributed by atoms with Gasteiger partial charge in [-0.15, -0.1) is 0 Å². The first-order valence-corrected chi connectivity index (χ1v) is 9.13. The predicted molar refractivity (Wildman–Crippen MR) is 98.1 cm³/mol. The Bertz CT molecular complexity index is 952. The Hall–Kier alpha value is -2.86. The SMILES string of the molecule is Cc1ccc(Nc2ccc(NS(=O)(=O)c3ccc(F)cc3)cc2)cc1. The molecule has 0 heterocycles. The summed E-state index contributed by atoms with van der Waals surface area (Å²) in [7, 11) is -3.74. The minimum absolute atomic E-state index is 0.00996. The number of anilines is 3. The van der Waals surface area contributed by atoms with Crippen molar-refractivity contribution in [2.75, 3.05) is 10.0 Å². The molecule has 0 spiro atoms. The lowest BCUT2D eigenvalue weighted by Gasteiger charge is -2.10. The lowest BCUT2D eigenvalue weighted by atomic mass is 10.2. The van der Waals surface area contributed by atoms with Gasteiger partial charge in [0, 0.05) is 17.1 Å². The Balaban J connectivity index is 1.71. The fourth-order valence-electron chi connectivity index (χ4n) is 2.25. The van der Waals surface area contributed by atoms with Gasteiger partial charge in [0.1, 0.15) is 5.82 Å². The van der Waals surface area contributed by atoms with Crippen molar-refractivity contribution in [3.8, 4) is 0 Å². The second kappa shape index (κ2) is 6.94. The van der Waals surface area contributed by atoms with E-state index in [0.717, 1.165) is 23.5 Å². The van der Waals surface area contributed by atoms with Gasteiger partial charge in [0.05, 0.1) is 4.90 Å². The first-order chi connectivity index (χ1) is 11.9. The number of nitrogens with one attached hydrogen (secondary N) is 2. The van der Waals surface area contributed by atoms with E-state index in [-0.39, 0.29) is 4.90 Å². The van der Waals surface area contributed by atoms with Crippen LogP contribution in [0.1, 0.15) is 5.56 Å². The molecule has 0 aliphatic heterocycles. The van der Waals surface area contributed by atoms with Gasteiger partial charge in [0.25, 0.3) is 10.0 Å². The Morgan fingerprint density at radius 2 is 1.20 bits per heavy atom. The zero-order valence-electron chi connectivity index (χ0n) is 13.5. The third-order valence-electron chi connectivity index (χ3n) is 3.60. The van der Waals surface area contributed by atoms with Crippen molar-refractivity contribution < 1.29 is 12.8 Å². The molecule has 0 bridgehead atoms. The zero-order valence-corrected chi connectivity index (χ0v) is 14.3. The van der Waals surface area contributed by atoms with Crippen LogP contribution in [0.3, 0.4) is 0 Å². The molecule has 4 nitrogen and oxygen atoms in total. The molecule has 0 radical (unpaired) electrons. The van der Waals surface area contributed by atoms with E-state index in [0.29, 0.717) is 5.69 Å². The average molecular weight is 356 g/mol. The molecule has 0 fully saturated rings. The number of benzene rings is 3. The van der Waals surface area contributed by atoms with Crippen molar-refractivity contribution in [3.63, 3.8) is 0 Å². The highest BCUT2D eigenvalue weighted by atomic mass is 32.2. The molecule has 25 heavy (non-hydrogen) atoms. The van der Waals surface area contributed by atoms with E-state index in [1.165, 1.54) is 17.7 Å². The van der Waals surface area contributed by atoms with Crippen molar-refractivity contribution in [3.05, 3.63) is 84.2 Å². The Morgan fingerprint density at radius 1 is 0.720 bits per heavy atom. The number of rotatable bonds is 5. The van der Waals surface area contributed by atoms with Gasteiger partial charge in [-0.3, -0.25) is 4.72 Å². The predicted octanol–water partition coefficient (Wildman–Crippen LogP) is 4.68. The van der Waals surface area contributed by atoms with Crippen molar-refractivity contribution >= 4 is 27.1 Å². The molecule has 0 aromatic heterocycles. The molecular formula is C19H17FN2O2S. The van der Waals surface area contributed by atoms with E-state index in [9.17, 15) is 12.8 Å². The quantitative estimate of drug-likeness (QED) is 0.698. The van der Waals surface area contributed by atoms with Crippen LogP contribution in [0.5, 0.6) is 0 Å². The standard InChI is InChI=1S/C19H17FN2O2S/c1-14-2-6-16(7-3-14)21-17-8-10-18(11-9-17)22-25(23,24)19-12-4-15(20)5-13-19/h2-13,21-22H,1H3. The van der Waals surface area contributed by atoms with Crippen LogP contribution >= 0.6 is 0 Å². The average Bonchev–Trinajstić information content (AvgIpc) is 2.59. The monoisotopic (exact) mass is 356 g/mol. The fraction of sp³-hybridized carbons (Fsp3) is 0.0526. The van der Waals surface area contributed by atoms with Gasteiger partial charge in [0.15, 0.2) is 0 Å². The minimum atomic E-state index is -3.74. The first kappa shape index (κ1) is 17.0. The first-order valence-electron chi connectivity index (χ1n) is 7.64. The molecule has 3 aromatic carbocycles. The van der Waals surface area contributed by atoms with Gasteiger partial charge in [-0.05, 0) is 67.6 Å². The van der Waals surface area contributed by atoms with Crippen LogP contribution in [-0.2, 0) is 10.0 Å². The summed E-state index contributed by atoms with van der Waals surface area (Å²) >= 11 is 0. The molecule has 0 saturated carbocycles. The van der Waals surface area contributed by atoms with Crippen molar-refractivity contribution in [1.29, 1.82) is 0 Å². The topological polar surface area (TPSA) is 58.2 Å². The molecule has 6 heteroatoms. The molecule has 0 unspecified atom stereocenters. The third kappa shape index (κ3) is 4.36. The maximum atomic E-state index is 12.9. The summed E-state index contributed by atoms with van der Waals surface area (Å²) in [5.41, 5.74) is 3.40. The number of aryl methyl sites for hydroxylation is 1. The van der Waals surface area contributed by atoms with Gasteiger partial charge < -0.3 is 5.32 Å². The van der Waals surface area contributed by atoms with Crippen LogP contribution in [0, 0.1) is 12.7 Å². The molecule has 0 aliphatic carbocycles. The third-order valence-corrected chi connectivity index (χ3v) is 5.00. The number of sulfonamides is 1. The highest BCUT2D eigenvalue weighted by molar-refractivity contribution is 7.92. The van der Waals surface area contributed by atoms with Gasteiger partial charge in [0.2, 0.25) is 0 Å². The van der Waals surface area contributed by atoms with Crippen LogP contribution < -0.4 is 10.0 Å². The van der Waals surface area contributed by atoms with Gasteiger partial charge in [-0.25, -0.2) is 12.8 Å². The maximum absolute atomic E-state index is 12.9. The van der Waals surface area contributed by atoms with Crippen LogP contribution in [0.2, 0.25) is 0 Å². The summed E-state index contributed by atoms with van der Waals surface area (Å²) < 4.78 is 39.9. The van der Waals surface area contributed by atoms with E-state index in [1.54, 1.807) is 24.3 Å². The van der Waals surface area contributed by atoms with E-state index in [2.05, 4.69) is 10.0 Å². The molecule has 0 amide bonds. The van der Waals surface area contributed by atoms with Crippen molar-refractivity contribution in [2.24, 2.45) is 0 Å². The van der Waals surface area contributed by atoms with Crippen LogP contribution in [0.25, 0.3) is 0 Å². The van der Waals surface area contributed by atoms with Gasteiger partial charge >= 0.3 is 0 Å². The number of halogens is 1. The Morgan fingerprint density at radius 3 is 1.76 bits per heavy atom. The van der Waals surface area contributed by atoms with Crippen LogP contribution in [-0.4, -0.2) is 8.42 Å². The lowest BCUT2D eigenvalue weighted by molar-refractivity contribution is 0.599. The highest BCUT2D eigenvalue weighted by Crippen LogP contribution is 2.21. The Kier molecular flexibility index (Phi) is 4.72. The number of hydrogen-bond donors (Lipinski definition) is 2. The van der Waals surface area contributed by atoms with Gasteiger partial charge in [-0.1, -0.05) is 17.7 Å². The molecule has 3 rings (SSSR count). The number of hydrogen-bond acceptors (Lipinski definition) is 3. The van der Waals surface area contributed by atoms with E-state index in [4.69, 9.17) is 0 Å². The largest absolute Gasteiger partial charge is 0.356 e. The van der Waals surface area contributed by atoms with Gasteiger partial charge in [-0.2, -0.15) is 0 Å².